The Morgan fingerprint density at radius 3 is 2.85 bits per heavy atom. The SMILES string of the molecule is CC1CCCN(C(=O)Cc2cccc(N)c2)C1C(=O)O. The van der Waals surface area contributed by atoms with Crippen LogP contribution in [0.25, 0.3) is 0 Å². The summed E-state index contributed by atoms with van der Waals surface area (Å²) in [5.41, 5.74) is 7.12. The fraction of sp³-hybridized carbons (Fsp3) is 0.467. The summed E-state index contributed by atoms with van der Waals surface area (Å²) in [5, 5.41) is 9.32. The van der Waals surface area contributed by atoms with Crippen molar-refractivity contribution >= 4 is 17.6 Å². The van der Waals surface area contributed by atoms with E-state index in [1.807, 2.05) is 13.0 Å². The molecule has 0 radical (unpaired) electrons. The molecule has 0 bridgehead atoms. The molecular weight excluding hydrogens is 256 g/mol. The zero-order chi connectivity index (χ0) is 14.7. The molecule has 2 rings (SSSR count). The number of rotatable bonds is 3. The van der Waals surface area contributed by atoms with Gasteiger partial charge in [0.15, 0.2) is 0 Å². The number of likely N-dealkylation sites (tertiary alicyclic amines) is 1. The van der Waals surface area contributed by atoms with E-state index in [1.165, 1.54) is 4.90 Å². The van der Waals surface area contributed by atoms with Gasteiger partial charge in [0.25, 0.3) is 0 Å². The van der Waals surface area contributed by atoms with Crippen molar-refractivity contribution in [2.45, 2.75) is 32.2 Å². The van der Waals surface area contributed by atoms with Crippen molar-refractivity contribution in [1.82, 2.24) is 4.90 Å². The van der Waals surface area contributed by atoms with E-state index in [9.17, 15) is 14.7 Å². The van der Waals surface area contributed by atoms with Gasteiger partial charge in [-0.05, 0) is 36.5 Å². The number of anilines is 1. The van der Waals surface area contributed by atoms with Crippen molar-refractivity contribution < 1.29 is 14.7 Å². The van der Waals surface area contributed by atoms with Crippen molar-refractivity contribution in [3.05, 3.63) is 29.8 Å². The van der Waals surface area contributed by atoms with E-state index in [4.69, 9.17) is 5.73 Å². The number of carbonyl (C=O) groups excluding carboxylic acids is 1. The first-order valence-electron chi connectivity index (χ1n) is 6.85. The number of nitrogen functional groups attached to an aromatic ring is 1. The molecule has 1 aliphatic heterocycles. The monoisotopic (exact) mass is 276 g/mol. The number of piperidine rings is 1. The second-order valence-electron chi connectivity index (χ2n) is 5.41. The van der Waals surface area contributed by atoms with Crippen LogP contribution in [0.1, 0.15) is 25.3 Å². The van der Waals surface area contributed by atoms with Gasteiger partial charge in [0.05, 0.1) is 6.42 Å². The molecule has 5 heteroatoms. The minimum absolute atomic E-state index is 0.00829. The van der Waals surface area contributed by atoms with Gasteiger partial charge >= 0.3 is 5.97 Å². The number of hydrogen-bond donors (Lipinski definition) is 2. The Morgan fingerprint density at radius 2 is 2.20 bits per heavy atom. The van der Waals surface area contributed by atoms with Crippen LogP contribution < -0.4 is 5.73 Å². The second kappa shape index (κ2) is 5.94. The summed E-state index contributed by atoms with van der Waals surface area (Å²) in [4.78, 5) is 25.2. The molecule has 1 amide bonds. The molecule has 108 valence electrons. The molecule has 20 heavy (non-hydrogen) atoms. The Labute approximate surface area is 118 Å². The van der Waals surface area contributed by atoms with Crippen LogP contribution >= 0.6 is 0 Å². The fourth-order valence-electron chi connectivity index (χ4n) is 2.82. The van der Waals surface area contributed by atoms with Crippen LogP contribution in [0, 0.1) is 5.92 Å². The van der Waals surface area contributed by atoms with Gasteiger partial charge in [-0.3, -0.25) is 4.79 Å². The third-order valence-corrected chi connectivity index (χ3v) is 3.81. The Balaban J connectivity index is 2.12. The van der Waals surface area contributed by atoms with Gasteiger partial charge in [-0.15, -0.1) is 0 Å². The lowest BCUT2D eigenvalue weighted by Crippen LogP contribution is -2.52. The van der Waals surface area contributed by atoms with Gasteiger partial charge in [0.1, 0.15) is 6.04 Å². The number of carboxylic acids is 1. The van der Waals surface area contributed by atoms with Crippen LogP contribution in [-0.4, -0.2) is 34.5 Å². The fourth-order valence-corrected chi connectivity index (χ4v) is 2.82. The van der Waals surface area contributed by atoms with Crippen molar-refractivity contribution in [2.24, 2.45) is 5.92 Å². The van der Waals surface area contributed by atoms with E-state index in [2.05, 4.69) is 0 Å². The molecule has 5 nitrogen and oxygen atoms in total. The number of carbonyl (C=O) groups is 2. The highest BCUT2D eigenvalue weighted by atomic mass is 16.4. The zero-order valence-electron chi connectivity index (χ0n) is 11.6. The molecule has 1 saturated heterocycles. The maximum atomic E-state index is 12.4. The van der Waals surface area contributed by atoms with Crippen molar-refractivity contribution in [2.75, 3.05) is 12.3 Å². The molecule has 0 spiro atoms. The number of hydrogen-bond acceptors (Lipinski definition) is 3. The second-order valence-corrected chi connectivity index (χ2v) is 5.41. The third kappa shape index (κ3) is 3.10. The Kier molecular flexibility index (Phi) is 4.27. The largest absolute Gasteiger partial charge is 0.480 e. The van der Waals surface area contributed by atoms with Crippen LogP contribution in [0.15, 0.2) is 24.3 Å². The number of amides is 1. The molecule has 0 aliphatic carbocycles. The van der Waals surface area contributed by atoms with E-state index < -0.39 is 12.0 Å². The summed E-state index contributed by atoms with van der Waals surface area (Å²) in [5.74, 6) is -1.07. The maximum Gasteiger partial charge on any atom is 0.326 e. The number of carboxylic acid groups (broad SMARTS) is 1. The highest BCUT2D eigenvalue weighted by Gasteiger charge is 2.36. The highest BCUT2D eigenvalue weighted by molar-refractivity contribution is 5.85. The first-order valence-corrected chi connectivity index (χ1v) is 6.85. The lowest BCUT2D eigenvalue weighted by atomic mass is 9.90. The first kappa shape index (κ1) is 14.4. The van der Waals surface area contributed by atoms with Crippen LogP contribution in [0.2, 0.25) is 0 Å². The minimum atomic E-state index is -0.918. The number of nitrogens with two attached hydrogens (primary N) is 1. The molecule has 1 heterocycles. The number of benzene rings is 1. The quantitative estimate of drug-likeness (QED) is 0.820. The van der Waals surface area contributed by atoms with E-state index >= 15 is 0 Å². The normalized spacial score (nSPS) is 22.6. The Hall–Kier alpha value is -2.04. The third-order valence-electron chi connectivity index (χ3n) is 3.81. The molecule has 0 saturated carbocycles. The highest BCUT2D eigenvalue weighted by Crippen LogP contribution is 2.24. The van der Waals surface area contributed by atoms with Crippen molar-refractivity contribution in [3.63, 3.8) is 0 Å². The molecule has 0 aromatic heterocycles. The van der Waals surface area contributed by atoms with Crippen LogP contribution in [-0.2, 0) is 16.0 Å². The Morgan fingerprint density at radius 1 is 1.45 bits per heavy atom. The molecule has 2 unspecified atom stereocenters. The summed E-state index contributed by atoms with van der Waals surface area (Å²) >= 11 is 0. The van der Waals surface area contributed by atoms with Gasteiger partial charge in [-0.2, -0.15) is 0 Å². The molecule has 1 aromatic rings. The smallest absolute Gasteiger partial charge is 0.326 e. The minimum Gasteiger partial charge on any atom is -0.480 e. The number of aliphatic carboxylic acids is 1. The van der Waals surface area contributed by atoms with E-state index in [-0.39, 0.29) is 18.2 Å². The lowest BCUT2D eigenvalue weighted by molar-refractivity contribution is -0.154. The molecular formula is C15H20N2O3. The molecule has 1 aliphatic rings. The summed E-state index contributed by atoms with van der Waals surface area (Å²) in [6.45, 7) is 2.40. The Bertz CT molecular complexity index is 516. The summed E-state index contributed by atoms with van der Waals surface area (Å²) in [6, 6.07) is 6.43. The molecule has 1 fully saturated rings. The van der Waals surface area contributed by atoms with E-state index in [0.29, 0.717) is 12.2 Å². The van der Waals surface area contributed by atoms with Gasteiger partial charge in [-0.1, -0.05) is 19.1 Å². The van der Waals surface area contributed by atoms with Gasteiger partial charge < -0.3 is 15.7 Å². The van der Waals surface area contributed by atoms with Crippen molar-refractivity contribution in [3.8, 4) is 0 Å². The predicted molar refractivity (Wildman–Crippen MR) is 76.1 cm³/mol. The average molecular weight is 276 g/mol. The molecule has 1 aromatic carbocycles. The van der Waals surface area contributed by atoms with Gasteiger partial charge in [-0.25, -0.2) is 4.79 Å². The molecule has 3 N–H and O–H groups in total. The van der Waals surface area contributed by atoms with Gasteiger partial charge in [0, 0.05) is 12.2 Å². The van der Waals surface area contributed by atoms with E-state index in [0.717, 1.165) is 18.4 Å². The lowest BCUT2D eigenvalue weighted by Gasteiger charge is -2.37. The average Bonchev–Trinajstić information content (AvgIpc) is 2.37. The first-order chi connectivity index (χ1) is 9.49. The van der Waals surface area contributed by atoms with Crippen LogP contribution in [0.4, 0.5) is 5.69 Å². The van der Waals surface area contributed by atoms with Crippen molar-refractivity contribution in [1.29, 1.82) is 0 Å². The topological polar surface area (TPSA) is 83.6 Å². The summed E-state index contributed by atoms with van der Waals surface area (Å²) in [7, 11) is 0. The summed E-state index contributed by atoms with van der Waals surface area (Å²) < 4.78 is 0. The number of nitrogens with zero attached hydrogens (tertiary/aromatic N) is 1. The zero-order valence-corrected chi connectivity index (χ0v) is 11.6. The van der Waals surface area contributed by atoms with Crippen LogP contribution in [0.3, 0.4) is 0 Å². The molecule has 2 atom stereocenters. The van der Waals surface area contributed by atoms with E-state index in [1.54, 1.807) is 18.2 Å². The van der Waals surface area contributed by atoms with Gasteiger partial charge in [0.2, 0.25) is 5.91 Å². The van der Waals surface area contributed by atoms with Crippen LogP contribution in [0.5, 0.6) is 0 Å². The summed E-state index contributed by atoms with van der Waals surface area (Å²) in [6.07, 6.45) is 1.90. The standard InChI is InChI=1S/C15H20N2O3/c1-10-4-3-7-17(14(10)15(19)20)13(18)9-11-5-2-6-12(16)8-11/h2,5-6,8,10,14H,3-4,7,9,16H2,1H3,(H,19,20). The maximum absolute atomic E-state index is 12.4. The predicted octanol–water partition coefficient (Wildman–Crippen LogP) is 1.52.